The summed E-state index contributed by atoms with van der Waals surface area (Å²) in [6, 6.07) is 14.2. The van der Waals surface area contributed by atoms with Crippen LogP contribution in [0.3, 0.4) is 0 Å². The van der Waals surface area contributed by atoms with E-state index >= 15 is 0 Å². The molecule has 1 aliphatic rings. The van der Waals surface area contributed by atoms with Crippen molar-refractivity contribution in [3.05, 3.63) is 93.8 Å². The van der Waals surface area contributed by atoms with Crippen LogP contribution in [0.4, 0.5) is 17.1 Å². The lowest BCUT2D eigenvalue weighted by Crippen LogP contribution is -2.29. The number of fused-ring (bicyclic) bond motifs is 1. The number of carbonyl (C=O) groups is 2. The first-order valence-electron chi connectivity index (χ1n) is 8.93. The van der Waals surface area contributed by atoms with Crippen molar-refractivity contribution in [2.24, 2.45) is 0 Å². The zero-order valence-corrected chi connectivity index (χ0v) is 15.2. The van der Waals surface area contributed by atoms with Crippen LogP contribution in [-0.4, -0.2) is 28.3 Å². The number of rotatable bonds is 4. The summed E-state index contributed by atoms with van der Waals surface area (Å²) in [6.07, 6.45) is 3.87. The van der Waals surface area contributed by atoms with Gasteiger partial charge in [0.1, 0.15) is 0 Å². The predicted octanol–water partition coefficient (Wildman–Crippen LogP) is 3.45. The lowest BCUT2D eigenvalue weighted by atomic mass is 10.1. The maximum atomic E-state index is 12.8. The highest BCUT2D eigenvalue weighted by molar-refractivity contribution is 6.08. The Kier molecular flexibility index (Phi) is 4.74. The van der Waals surface area contributed by atoms with E-state index in [1.165, 1.54) is 30.5 Å². The molecule has 2 heterocycles. The fourth-order valence-corrected chi connectivity index (χ4v) is 3.25. The van der Waals surface area contributed by atoms with Crippen LogP contribution in [0.1, 0.15) is 26.3 Å². The Bertz CT molecular complexity index is 1100. The van der Waals surface area contributed by atoms with Gasteiger partial charge in [0.15, 0.2) is 0 Å². The zero-order chi connectivity index (χ0) is 20.4. The van der Waals surface area contributed by atoms with Gasteiger partial charge in [0.05, 0.1) is 10.5 Å². The third-order valence-corrected chi connectivity index (χ3v) is 4.73. The fourth-order valence-electron chi connectivity index (χ4n) is 3.25. The highest BCUT2D eigenvalue weighted by atomic mass is 16.6. The smallest absolute Gasteiger partial charge is 0.269 e. The number of aromatic nitrogens is 1. The van der Waals surface area contributed by atoms with E-state index in [1.54, 1.807) is 35.4 Å². The van der Waals surface area contributed by atoms with E-state index in [0.29, 0.717) is 23.4 Å². The predicted molar refractivity (Wildman–Crippen MR) is 107 cm³/mol. The maximum Gasteiger partial charge on any atom is 0.269 e. The molecule has 2 amide bonds. The minimum Gasteiger partial charge on any atom is -0.322 e. The largest absolute Gasteiger partial charge is 0.322 e. The van der Waals surface area contributed by atoms with Gasteiger partial charge in [-0.2, -0.15) is 0 Å². The van der Waals surface area contributed by atoms with Crippen molar-refractivity contribution >= 4 is 28.9 Å². The summed E-state index contributed by atoms with van der Waals surface area (Å²) in [4.78, 5) is 41.1. The zero-order valence-electron chi connectivity index (χ0n) is 15.2. The van der Waals surface area contributed by atoms with E-state index < -0.39 is 4.92 Å². The average molecular weight is 388 g/mol. The van der Waals surface area contributed by atoms with Crippen molar-refractivity contribution in [2.75, 3.05) is 16.8 Å². The first-order valence-corrected chi connectivity index (χ1v) is 8.93. The van der Waals surface area contributed by atoms with Gasteiger partial charge in [0.2, 0.25) is 0 Å². The fraction of sp³-hybridized carbons (Fsp3) is 0.0952. The number of pyridine rings is 1. The van der Waals surface area contributed by atoms with Crippen molar-refractivity contribution in [1.29, 1.82) is 0 Å². The van der Waals surface area contributed by atoms with E-state index in [1.807, 2.05) is 6.07 Å². The topological polar surface area (TPSA) is 105 Å². The van der Waals surface area contributed by atoms with Crippen LogP contribution < -0.4 is 10.2 Å². The normalized spacial score (nSPS) is 12.3. The number of hydrogen-bond donors (Lipinski definition) is 1. The van der Waals surface area contributed by atoms with Gasteiger partial charge in [0, 0.05) is 48.0 Å². The third-order valence-electron chi connectivity index (χ3n) is 4.73. The van der Waals surface area contributed by atoms with Gasteiger partial charge in [-0.25, -0.2) is 0 Å². The molecule has 0 fully saturated rings. The SMILES string of the molecule is O=C(Nc1ccc2c(c1)N(C(=O)c1cccnc1)CC2)c1ccc([N+](=O)[O-])cc1. The summed E-state index contributed by atoms with van der Waals surface area (Å²) in [7, 11) is 0. The molecule has 0 aliphatic carbocycles. The van der Waals surface area contributed by atoms with E-state index in [4.69, 9.17) is 0 Å². The lowest BCUT2D eigenvalue weighted by Gasteiger charge is -2.18. The molecule has 8 nitrogen and oxygen atoms in total. The Labute approximate surface area is 166 Å². The summed E-state index contributed by atoms with van der Waals surface area (Å²) in [5.74, 6) is -0.529. The number of nitrogens with zero attached hydrogens (tertiary/aromatic N) is 3. The molecule has 0 atom stereocenters. The number of hydrogen-bond acceptors (Lipinski definition) is 5. The number of amides is 2. The number of nitro benzene ring substituents is 1. The van der Waals surface area contributed by atoms with Gasteiger partial charge in [-0.3, -0.25) is 24.7 Å². The van der Waals surface area contributed by atoms with Gasteiger partial charge in [-0.05, 0) is 48.4 Å². The number of nitrogens with one attached hydrogen (secondary N) is 1. The van der Waals surface area contributed by atoms with Crippen LogP contribution in [0.5, 0.6) is 0 Å². The summed E-state index contributed by atoms with van der Waals surface area (Å²) < 4.78 is 0. The molecule has 8 heteroatoms. The van der Waals surface area contributed by atoms with Crippen LogP contribution in [0, 0.1) is 10.1 Å². The molecule has 2 aromatic carbocycles. The molecule has 0 saturated carbocycles. The van der Waals surface area contributed by atoms with E-state index in [0.717, 1.165) is 17.7 Å². The number of carbonyl (C=O) groups excluding carboxylic acids is 2. The molecule has 0 spiro atoms. The van der Waals surface area contributed by atoms with Crippen molar-refractivity contribution in [3.63, 3.8) is 0 Å². The van der Waals surface area contributed by atoms with Crippen LogP contribution >= 0.6 is 0 Å². The number of non-ortho nitro benzene ring substituents is 1. The maximum absolute atomic E-state index is 12.8. The van der Waals surface area contributed by atoms with Gasteiger partial charge in [0.25, 0.3) is 17.5 Å². The van der Waals surface area contributed by atoms with Crippen LogP contribution in [0.25, 0.3) is 0 Å². The quantitative estimate of drug-likeness (QED) is 0.544. The van der Waals surface area contributed by atoms with Gasteiger partial charge < -0.3 is 10.2 Å². The standard InChI is InChI=1S/C21H16N4O4/c26-20(15-4-7-18(8-5-15)25(28)29)23-17-6-3-14-9-11-24(19(14)12-17)21(27)16-2-1-10-22-13-16/h1-8,10,12-13H,9,11H2,(H,23,26). The van der Waals surface area contributed by atoms with Crippen molar-refractivity contribution in [3.8, 4) is 0 Å². The second-order valence-electron chi connectivity index (χ2n) is 6.55. The number of benzene rings is 2. The minimum absolute atomic E-state index is 0.0800. The van der Waals surface area contributed by atoms with Crippen LogP contribution in [-0.2, 0) is 6.42 Å². The van der Waals surface area contributed by atoms with E-state index in [-0.39, 0.29) is 17.5 Å². The molecular formula is C21H16N4O4. The monoisotopic (exact) mass is 388 g/mol. The average Bonchev–Trinajstić information content (AvgIpc) is 3.17. The molecule has 1 aliphatic heterocycles. The minimum atomic E-state index is -0.518. The van der Waals surface area contributed by atoms with Gasteiger partial charge in [-0.1, -0.05) is 6.07 Å². The van der Waals surface area contributed by atoms with E-state index in [9.17, 15) is 19.7 Å². The molecule has 1 N–H and O–H groups in total. The summed E-state index contributed by atoms with van der Waals surface area (Å²) in [6.45, 7) is 0.558. The lowest BCUT2D eigenvalue weighted by molar-refractivity contribution is -0.384. The van der Waals surface area contributed by atoms with Crippen molar-refractivity contribution in [1.82, 2.24) is 4.98 Å². The van der Waals surface area contributed by atoms with Gasteiger partial charge in [-0.15, -0.1) is 0 Å². The molecule has 4 rings (SSSR count). The van der Waals surface area contributed by atoms with E-state index in [2.05, 4.69) is 10.3 Å². The number of anilines is 2. The first kappa shape index (κ1) is 18.3. The Morgan fingerprint density at radius 2 is 1.86 bits per heavy atom. The molecule has 29 heavy (non-hydrogen) atoms. The second kappa shape index (κ2) is 7.51. The summed E-state index contributed by atoms with van der Waals surface area (Å²) in [5.41, 5.74) is 3.04. The molecule has 0 saturated heterocycles. The van der Waals surface area contributed by atoms with Gasteiger partial charge >= 0.3 is 0 Å². The molecule has 0 unspecified atom stereocenters. The Hall–Kier alpha value is -4.07. The highest BCUT2D eigenvalue weighted by Crippen LogP contribution is 2.32. The third kappa shape index (κ3) is 3.68. The molecule has 1 aromatic heterocycles. The Balaban J connectivity index is 1.54. The van der Waals surface area contributed by atoms with Crippen molar-refractivity contribution < 1.29 is 14.5 Å². The summed E-state index contributed by atoms with van der Waals surface area (Å²) in [5, 5.41) is 13.5. The van der Waals surface area contributed by atoms with Crippen molar-refractivity contribution in [2.45, 2.75) is 6.42 Å². The second-order valence-corrected chi connectivity index (χ2v) is 6.55. The molecule has 3 aromatic rings. The first-order chi connectivity index (χ1) is 14.0. The van der Waals surface area contributed by atoms with Crippen LogP contribution in [0.15, 0.2) is 67.0 Å². The Morgan fingerprint density at radius 3 is 2.55 bits per heavy atom. The highest BCUT2D eigenvalue weighted by Gasteiger charge is 2.26. The van der Waals surface area contributed by atoms with Crippen LogP contribution in [0.2, 0.25) is 0 Å². The molecular weight excluding hydrogens is 372 g/mol. The molecule has 0 bridgehead atoms. The number of nitro groups is 1. The summed E-state index contributed by atoms with van der Waals surface area (Å²) >= 11 is 0. The Morgan fingerprint density at radius 1 is 1.07 bits per heavy atom. The molecule has 0 radical (unpaired) electrons. The molecule has 144 valence electrons.